The van der Waals surface area contributed by atoms with Crippen LogP contribution in [-0.4, -0.2) is 47.4 Å². The molecule has 31 heavy (non-hydrogen) atoms. The number of aromatic nitrogens is 2. The van der Waals surface area contributed by atoms with Crippen molar-refractivity contribution in [1.82, 2.24) is 15.3 Å². The van der Waals surface area contributed by atoms with Gasteiger partial charge in [-0.2, -0.15) is 4.98 Å². The van der Waals surface area contributed by atoms with Crippen LogP contribution in [0.3, 0.4) is 0 Å². The predicted octanol–water partition coefficient (Wildman–Crippen LogP) is 4.54. The van der Waals surface area contributed by atoms with Gasteiger partial charge >= 0.3 is 0 Å². The largest absolute Gasteiger partial charge is 0.381 e. The molecular weight excluding hydrogens is 430 g/mol. The number of piperidine rings is 1. The molecule has 0 saturated carbocycles. The molecule has 0 spiro atoms. The number of halogens is 1. The van der Waals surface area contributed by atoms with Gasteiger partial charge in [0.1, 0.15) is 11.0 Å². The fourth-order valence-corrected chi connectivity index (χ4v) is 4.90. The van der Waals surface area contributed by atoms with Gasteiger partial charge in [-0.3, -0.25) is 0 Å². The molecule has 166 valence electrons. The van der Waals surface area contributed by atoms with E-state index < -0.39 is 0 Å². The number of benzene rings is 1. The van der Waals surface area contributed by atoms with E-state index >= 15 is 0 Å². The molecule has 8 heteroatoms. The second-order valence-electron chi connectivity index (χ2n) is 8.48. The summed E-state index contributed by atoms with van der Waals surface area (Å²) >= 11 is 11.9. The Morgan fingerprint density at radius 3 is 2.74 bits per heavy atom. The average molecular weight is 460 g/mol. The van der Waals surface area contributed by atoms with Crippen LogP contribution in [0.5, 0.6) is 0 Å². The van der Waals surface area contributed by atoms with Gasteiger partial charge in [-0.1, -0.05) is 41.9 Å². The van der Waals surface area contributed by atoms with Gasteiger partial charge in [-0.05, 0) is 56.8 Å². The first-order chi connectivity index (χ1) is 15.1. The first-order valence-electron chi connectivity index (χ1n) is 11.1. The second-order valence-corrected chi connectivity index (χ2v) is 9.27. The summed E-state index contributed by atoms with van der Waals surface area (Å²) in [6.07, 6.45) is 5.49. The monoisotopic (exact) mass is 459 g/mol. The summed E-state index contributed by atoms with van der Waals surface area (Å²) in [7, 11) is 0. The van der Waals surface area contributed by atoms with Crippen molar-refractivity contribution in [2.75, 3.05) is 36.5 Å². The van der Waals surface area contributed by atoms with E-state index in [2.05, 4.69) is 56.7 Å². The minimum atomic E-state index is -0.00513. The lowest BCUT2D eigenvalue weighted by atomic mass is 9.74. The highest BCUT2D eigenvalue weighted by molar-refractivity contribution is 7.80. The molecule has 6 nitrogen and oxygen atoms in total. The molecule has 0 aliphatic carbocycles. The van der Waals surface area contributed by atoms with E-state index in [4.69, 9.17) is 28.6 Å². The first kappa shape index (κ1) is 22.2. The SMILES string of the molecule is CC1CCCCN1c1cc(Cl)nc(NC(=S)NCC2(c3ccccc3)CCOCC2)n1. The van der Waals surface area contributed by atoms with Gasteiger partial charge in [0.05, 0.1) is 0 Å². The number of nitrogens with one attached hydrogen (secondary N) is 2. The minimum Gasteiger partial charge on any atom is -0.381 e. The van der Waals surface area contributed by atoms with Gasteiger partial charge in [0.15, 0.2) is 5.11 Å². The summed E-state index contributed by atoms with van der Waals surface area (Å²) in [6.45, 7) is 5.45. The molecule has 1 atom stereocenters. The van der Waals surface area contributed by atoms with E-state index in [9.17, 15) is 0 Å². The zero-order valence-electron chi connectivity index (χ0n) is 17.9. The van der Waals surface area contributed by atoms with Crippen molar-refractivity contribution in [3.63, 3.8) is 0 Å². The molecule has 2 aliphatic heterocycles. The third-order valence-corrected chi connectivity index (χ3v) is 6.87. The van der Waals surface area contributed by atoms with Crippen LogP contribution in [-0.2, 0) is 10.2 Å². The molecule has 4 rings (SSSR count). The lowest BCUT2D eigenvalue weighted by Crippen LogP contribution is -2.45. The van der Waals surface area contributed by atoms with Crippen LogP contribution in [0, 0.1) is 0 Å². The summed E-state index contributed by atoms with van der Waals surface area (Å²) in [5, 5.41) is 7.45. The number of rotatable bonds is 5. The summed E-state index contributed by atoms with van der Waals surface area (Å²) in [6, 6.07) is 12.9. The predicted molar refractivity (Wildman–Crippen MR) is 130 cm³/mol. The molecule has 0 radical (unpaired) electrons. The molecule has 1 unspecified atom stereocenters. The Morgan fingerprint density at radius 2 is 2.00 bits per heavy atom. The van der Waals surface area contributed by atoms with Gasteiger partial charge in [0.2, 0.25) is 5.95 Å². The maximum Gasteiger partial charge on any atom is 0.232 e. The topological polar surface area (TPSA) is 62.3 Å². The molecule has 2 aliphatic rings. The summed E-state index contributed by atoms with van der Waals surface area (Å²) < 4.78 is 5.63. The molecule has 0 amide bonds. The summed E-state index contributed by atoms with van der Waals surface area (Å²) in [5.74, 6) is 1.28. The normalized spacial score (nSPS) is 20.8. The molecule has 1 aromatic heterocycles. The minimum absolute atomic E-state index is 0.00513. The lowest BCUT2D eigenvalue weighted by Gasteiger charge is -2.38. The maximum atomic E-state index is 6.31. The molecule has 2 fully saturated rings. The number of nitrogens with zero attached hydrogens (tertiary/aromatic N) is 3. The third-order valence-electron chi connectivity index (χ3n) is 6.43. The Bertz CT molecular complexity index is 891. The Labute approximate surface area is 194 Å². The average Bonchev–Trinajstić information content (AvgIpc) is 2.79. The van der Waals surface area contributed by atoms with Gasteiger partial charge in [0.25, 0.3) is 0 Å². The van der Waals surface area contributed by atoms with E-state index in [0.29, 0.717) is 22.3 Å². The Kier molecular flexibility index (Phi) is 7.25. The van der Waals surface area contributed by atoms with Crippen LogP contribution in [0.15, 0.2) is 36.4 Å². The van der Waals surface area contributed by atoms with Crippen LogP contribution in [0.1, 0.15) is 44.6 Å². The van der Waals surface area contributed by atoms with Crippen molar-refractivity contribution in [3.05, 3.63) is 47.1 Å². The molecular formula is C23H30ClN5OS. The maximum absolute atomic E-state index is 6.31. The van der Waals surface area contributed by atoms with Crippen molar-refractivity contribution in [1.29, 1.82) is 0 Å². The lowest BCUT2D eigenvalue weighted by molar-refractivity contribution is 0.0515. The zero-order chi connectivity index (χ0) is 21.7. The quantitative estimate of drug-likeness (QED) is 0.502. The van der Waals surface area contributed by atoms with Crippen LogP contribution in [0.4, 0.5) is 11.8 Å². The van der Waals surface area contributed by atoms with Crippen molar-refractivity contribution in [3.8, 4) is 0 Å². The van der Waals surface area contributed by atoms with E-state index in [1.54, 1.807) is 0 Å². The molecule has 3 heterocycles. The smallest absolute Gasteiger partial charge is 0.232 e. The van der Waals surface area contributed by atoms with Crippen molar-refractivity contribution in [2.45, 2.75) is 50.5 Å². The van der Waals surface area contributed by atoms with Gasteiger partial charge < -0.3 is 20.3 Å². The van der Waals surface area contributed by atoms with Gasteiger partial charge in [-0.25, -0.2) is 4.98 Å². The van der Waals surface area contributed by atoms with E-state index in [1.807, 2.05) is 12.1 Å². The van der Waals surface area contributed by atoms with Crippen molar-refractivity contribution < 1.29 is 4.74 Å². The fourth-order valence-electron chi connectivity index (χ4n) is 4.56. The van der Waals surface area contributed by atoms with Gasteiger partial charge in [-0.15, -0.1) is 0 Å². The van der Waals surface area contributed by atoms with Crippen LogP contribution >= 0.6 is 23.8 Å². The summed E-state index contributed by atoms with van der Waals surface area (Å²) in [5.41, 5.74) is 1.31. The van der Waals surface area contributed by atoms with Crippen LogP contribution < -0.4 is 15.5 Å². The number of hydrogen-bond acceptors (Lipinski definition) is 5. The van der Waals surface area contributed by atoms with E-state index in [-0.39, 0.29) is 5.41 Å². The number of hydrogen-bond donors (Lipinski definition) is 2. The Morgan fingerprint density at radius 1 is 1.23 bits per heavy atom. The van der Waals surface area contributed by atoms with Crippen molar-refractivity contribution in [2.24, 2.45) is 0 Å². The van der Waals surface area contributed by atoms with Crippen molar-refractivity contribution >= 4 is 40.7 Å². The van der Waals surface area contributed by atoms with Gasteiger partial charge in [0, 0.05) is 43.8 Å². The van der Waals surface area contributed by atoms with Crippen LogP contribution in [0.2, 0.25) is 5.15 Å². The zero-order valence-corrected chi connectivity index (χ0v) is 19.5. The highest BCUT2D eigenvalue weighted by atomic mass is 35.5. The molecule has 1 aromatic carbocycles. The molecule has 0 bridgehead atoms. The van der Waals surface area contributed by atoms with E-state index in [1.165, 1.54) is 18.4 Å². The van der Waals surface area contributed by atoms with Crippen LogP contribution in [0.25, 0.3) is 0 Å². The number of ether oxygens (including phenoxy) is 1. The Hall–Kier alpha value is -1.96. The first-order valence-corrected chi connectivity index (χ1v) is 11.8. The molecule has 2 saturated heterocycles. The summed E-state index contributed by atoms with van der Waals surface area (Å²) in [4.78, 5) is 11.3. The fraction of sp³-hybridized carbons (Fsp3) is 0.522. The standard InChI is InChI=1S/C23H30ClN5OS/c1-17-7-5-6-12-29(17)20-15-19(24)26-21(27-20)28-22(31)25-16-23(10-13-30-14-11-23)18-8-3-2-4-9-18/h2-4,8-9,15,17H,5-7,10-14,16H2,1H3,(H2,25,26,27,28,31). The molecule has 2 N–H and O–H groups in total. The third kappa shape index (κ3) is 5.45. The second kappa shape index (κ2) is 10.1. The van der Waals surface area contributed by atoms with E-state index in [0.717, 1.165) is 51.4 Å². The highest BCUT2D eigenvalue weighted by Gasteiger charge is 2.34. The number of anilines is 2. The highest BCUT2D eigenvalue weighted by Crippen LogP contribution is 2.34. The Balaban J connectivity index is 1.43. The number of thiocarbonyl (C=S) groups is 1. The molecule has 2 aromatic rings.